The highest BCUT2D eigenvalue weighted by Crippen LogP contribution is 2.32. The molecule has 1 atom stereocenters. The van der Waals surface area contributed by atoms with Gasteiger partial charge in [-0.05, 0) is 36.4 Å². The summed E-state index contributed by atoms with van der Waals surface area (Å²) in [5.41, 5.74) is 1.21. The summed E-state index contributed by atoms with van der Waals surface area (Å²) in [6.45, 7) is -0.389. The third kappa shape index (κ3) is 3.77. The maximum absolute atomic E-state index is 13.3. The Morgan fingerprint density at radius 1 is 0.897 bits per heavy atom. The molecule has 0 bridgehead atoms. The number of amides is 2. The molecule has 0 saturated heterocycles. The number of carbonyl (C=O) groups excluding carboxylic acids is 3. The number of para-hydroxylation sites is 1. The van der Waals surface area contributed by atoms with Crippen LogP contribution in [0.3, 0.4) is 0 Å². The SMILES string of the molecule is O=C(CN1C(=O)c2ccccc2O[C@@H](c2ccccc2)C1=O)c1ccc(Cl)cc1. The van der Waals surface area contributed by atoms with Crippen LogP contribution in [0.1, 0.15) is 32.4 Å². The number of halogens is 1. The number of Topliss-reactive ketones (excluding diaryl/α,β-unsaturated/α-hetero) is 1. The Kier molecular flexibility index (Phi) is 5.14. The van der Waals surface area contributed by atoms with Crippen molar-refractivity contribution in [3.05, 3.63) is 101 Å². The first-order valence-electron chi connectivity index (χ1n) is 8.99. The smallest absolute Gasteiger partial charge is 0.275 e. The topological polar surface area (TPSA) is 63.7 Å². The zero-order chi connectivity index (χ0) is 20.4. The fourth-order valence-electron chi connectivity index (χ4n) is 3.17. The van der Waals surface area contributed by atoms with Crippen LogP contribution >= 0.6 is 11.6 Å². The van der Waals surface area contributed by atoms with Crippen molar-refractivity contribution in [2.45, 2.75) is 6.10 Å². The monoisotopic (exact) mass is 405 g/mol. The first kappa shape index (κ1) is 18.9. The zero-order valence-electron chi connectivity index (χ0n) is 15.2. The summed E-state index contributed by atoms with van der Waals surface area (Å²) < 4.78 is 5.92. The number of fused-ring (bicyclic) bond motifs is 1. The Balaban J connectivity index is 1.72. The first-order chi connectivity index (χ1) is 14.0. The summed E-state index contributed by atoms with van der Waals surface area (Å²) in [6, 6.07) is 21.8. The van der Waals surface area contributed by atoms with Gasteiger partial charge in [-0.2, -0.15) is 0 Å². The van der Waals surface area contributed by atoms with Crippen molar-refractivity contribution in [2.24, 2.45) is 0 Å². The number of rotatable bonds is 4. The molecule has 0 unspecified atom stereocenters. The van der Waals surface area contributed by atoms with Gasteiger partial charge in [-0.3, -0.25) is 19.3 Å². The van der Waals surface area contributed by atoms with Crippen molar-refractivity contribution in [3.63, 3.8) is 0 Å². The van der Waals surface area contributed by atoms with Crippen LogP contribution in [0.15, 0.2) is 78.9 Å². The summed E-state index contributed by atoms with van der Waals surface area (Å²) >= 11 is 5.87. The number of ketones is 1. The third-order valence-electron chi connectivity index (χ3n) is 4.67. The van der Waals surface area contributed by atoms with E-state index in [0.29, 0.717) is 21.9 Å². The summed E-state index contributed by atoms with van der Waals surface area (Å²) in [5, 5.41) is 0.495. The molecule has 0 saturated carbocycles. The largest absolute Gasteiger partial charge is 0.475 e. The highest BCUT2D eigenvalue weighted by atomic mass is 35.5. The molecule has 2 amide bonds. The van der Waals surface area contributed by atoms with Crippen molar-refractivity contribution in [1.29, 1.82) is 0 Å². The predicted molar refractivity (Wildman–Crippen MR) is 108 cm³/mol. The Hall–Kier alpha value is -3.44. The summed E-state index contributed by atoms with van der Waals surface area (Å²) in [7, 11) is 0. The van der Waals surface area contributed by atoms with Gasteiger partial charge in [0.25, 0.3) is 11.8 Å². The molecule has 1 aliphatic heterocycles. The van der Waals surface area contributed by atoms with Crippen molar-refractivity contribution in [3.8, 4) is 5.75 Å². The van der Waals surface area contributed by atoms with Crippen LogP contribution < -0.4 is 4.74 Å². The highest BCUT2D eigenvalue weighted by Gasteiger charge is 2.38. The van der Waals surface area contributed by atoms with E-state index in [1.165, 1.54) is 0 Å². The molecule has 6 heteroatoms. The predicted octanol–water partition coefficient (Wildman–Crippen LogP) is 4.33. The second-order valence-corrected chi connectivity index (χ2v) is 7.00. The van der Waals surface area contributed by atoms with Crippen molar-refractivity contribution in [1.82, 2.24) is 4.90 Å². The van der Waals surface area contributed by atoms with E-state index in [0.717, 1.165) is 4.90 Å². The molecular formula is C23H16ClNO4. The van der Waals surface area contributed by atoms with Gasteiger partial charge in [0.1, 0.15) is 5.75 Å². The Bertz CT molecular complexity index is 1080. The van der Waals surface area contributed by atoms with Crippen LogP contribution in [-0.2, 0) is 4.79 Å². The summed E-state index contributed by atoms with van der Waals surface area (Å²) in [4.78, 5) is 40.1. The van der Waals surface area contributed by atoms with Gasteiger partial charge in [0.15, 0.2) is 5.78 Å². The van der Waals surface area contributed by atoms with Crippen molar-refractivity contribution >= 4 is 29.2 Å². The molecule has 4 rings (SSSR count). The van der Waals surface area contributed by atoms with Gasteiger partial charge in [0.05, 0.1) is 12.1 Å². The van der Waals surface area contributed by atoms with Gasteiger partial charge in [-0.1, -0.05) is 54.1 Å². The lowest BCUT2D eigenvalue weighted by molar-refractivity contribution is -0.135. The quantitative estimate of drug-likeness (QED) is 0.479. The first-order valence-corrected chi connectivity index (χ1v) is 9.37. The van der Waals surface area contributed by atoms with Crippen LogP contribution in [0, 0.1) is 0 Å². The molecule has 1 heterocycles. The lowest BCUT2D eigenvalue weighted by Gasteiger charge is -2.22. The van der Waals surface area contributed by atoms with E-state index < -0.39 is 17.9 Å². The Morgan fingerprint density at radius 2 is 1.55 bits per heavy atom. The van der Waals surface area contributed by atoms with Gasteiger partial charge in [0, 0.05) is 16.1 Å². The third-order valence-corrected chi connectivity index (χ3v) is 4.92. The molecular weight excluding hydrogens is 390 g/mol. The minimum atomic E-state index is -1.03. The Morgan fingerprint density at radius 3 is 2.28 bits per heavy atom. The average Bonchev–Trinajstić information content (AvgIpc) is 2.85. The molecule has 0 N–H and O–H groups in total. The maximum Gasteiger partial charge on any atom is 0.275 e. The van der Waals surface area contributed by atoms with E-state index in [1.54, 1.807) is 72.8 Å². The van der Waals surface area contributed by atoms with Gasteiger partial charge < -0.3 is 4.74 Å². The van der Waals surface area contributed by atoms with Crippen LogP contribution in [0.5, 0.6) is 5.75 Å². The number of carbonyl (C=O) groups is 3. The molecule has 0 aliphatic carbocycles. The van der Waals surface area contributed by atoms with Gasteiger partial charge in [-0.25, -0.2) is 0 Å². The van der Waals surface area contributed by atoms with E-state index in [9.17, 15) is 14.4 Å². The molecule has 29 heavy (non-hydrogen) atoms. The van der Waals surface area contributed by atoms with Gasteiger partial charge in [-0.15, -0.1) is 0 Å². The number of nitrogens with zero attached hydrogens (tertiary/aromatic N) is 1. The average molecular weight is 406 g/mol. The molecule has 0 aromatic heterocycles. The van der Waals surface area contributed by atoms with Gasteiger partial charge in [0.2, 0.25) is 6.10 Å². The second kappa shape index (κ2) is 7.89. The fourth-order valence-corrected chi connectivity index (χ4v) is 3.30. The van der Waals surface area contributed by atoms with E-state index in [-0.39, 0.29) is 17.9 Å². The molecule has 5 nitrogen and oxygen atoms in total. The Labute approximate surface area is 172 Å². The molecule has 3 aromatic carbocycles. The second-order valence-electron chi connectivity index (χ2n) is 6.56. The molecule has 0 spiro atoms. The van der Waals surface area contributed by atoms with Gasteiger partial charge >= 0.3 is 0 Å². The zero-order valence-corrected chi connectivity index (χ0v) is 16.0. The molecule has 3 aromatic rings. The molecule has 144 valence electrons. The van der Waals surface area contributed by atoms with Crippen LogP contribution in [-0.4, -0.2) is 29.0 Å². The minimum Gasteiger partial charge on any atom is -0.475 e. The van der Waals surface area contributed by atoms with Crippen LogP contribution in [0.25, 0.3) is 0 Å². The van der Waals surface area contributed by atoms with Crippen molar-refractivity contribution < 1.29 is 19.1 Å². The molecule has 0 fully saturated rings. The summed E-state index contributed by atoms with van der Waals surface area (Å²) in [6.07, 6.45) is -1.03. The molecule has 1 aliphatic rings. The van der Waals surface area contributed by atoms with E-state index in [4.69, 9.17) is 16.3 Å². The van der Waals surface area contributed by atoms with Crippen molar-refractivity contribution in [2.75, 3.05) is 6.54 Å². The maximum atomic E-state index is 13.3. The highest BCUT2D eigenvalue weighted by molar-refractivity contribution is 6.30. The number of hydrogen-bond donors (Lipinski definition) is 0. The van der Waals surface area contributed by atoms with E-state index in [2.05, 4.69) is 0 Å². The number of hydrogen-bond acceptors (Lipinski definition) is 4. The summed E-state index contributed by atoms with van der Waals surface area (Å²) in [5.74, 6) is -1.21. The standard InChI is InChI=1S/C23H16ClNO4/c24-17-12-10-15(11-13-17)19(26)14-25-22(27)18-8-4-5-9-20(18)29-21(23(25)28)16-6-2-1-3-7-16/h1-13,21H,14H2/t21-/m0/s1. The normalized spacial score (nSPS) is 16.0. The van der Waals surface area contributed by atoms with E-state index in [1.807, 2.05) is 6.07 Å². The minimum absolute atomic E-state index is 0.239. The number of ether oxygens (including phenoxy) is 1. The lowest BCUT2D eigenvalue weighted by atomic mass is 10.1. The molecule has 0 radical (unpaired) electrons. The fraction of sp³-hybridized carbons (Fsp3) is 0.0870. The van der Waals surface area contributed by atoms with Crippen LogP contribution in [0.2, 0.25) is 5.02 Å². The van der Waals surface area contributed by atoms with Crippen LogP contribution in [0.4, 0.5) is 0 Å². The lowest BCUT2D eigenvalue weighted by Crippen LogP contribution is -2.42. The number of benzene rings is 3. The number of imide groups is 1. The van der Waals surface area contributed by atoms with E-state index >= 15 is 0 Å².